The Kier molecular flexibility index (Phi) is 3.80. The van der Waals surface area contributed by atoms with Gasteiger partial charge in [-0.3, -0.25) is 4.90 Å². The highest BCUT2D eigenvalue weighted by Crippen LogP contribution is 2.20. The Labute approximate surface area is 96.6 Å². The maximum absolute atomic E-state index is 9.71. The number of hydrogen-bond donors (Lipinski definition) is 1. The first-order valence-corrected chi connectivity index (χ1v) is 5.82. The van der Waals surface area contributed by atoms with Crippen molar-refractivity contribution in [3.05, 3.63) is 29.8 Å². The lowest BCUT2D eigenvalue weighted by Crippen LogP contribution is -2.36. The second-order valence-electron chi connectivity index (χ2n) is 4.39. The van der Waals surface area contributed by atoms with Gasteiger partial charge in [-0.25, -0.2) is 0 Å². The van der Waals surface area contributed by atoms with Gasteiger partial charge in [0.1, 0.15) is 5.75 Å². The Morgan fingerprint density at radius 2 is 2.00 bits per heavy atom. The van der Waals surface area contributed by atoms with Gasteiger partial charge in [-0.15, -0.1) is 0 Å². The maximum atomic E-state index is 9.71. The minimum absolute atomic E-state index is 0.390. The zero-order valence-electron chi connectivity index (χ0n) is 9.72. The quantitative estimate of drug-likeness (QED) is 0.847. The first-order valence-electron chi connectivity index (χ1n) is 5.82. The van der Waals surface area contributed by atoms with Crippen molar-refractivity contribution >= 4 is 0 Å². The van der Waals surface area contributed by atoms with Gasteiger partial charge >= 0.3 is 0 Å². The molecule has 1 aliphatic heterocycles. The molecule has 1 aromatic carbocycles. The number of rotatable bonds is 3. The van der Waals surface area contributed by atoms with Crippen LogP contribution in [0.2, 0.25) is 0 Å². The first-order chi connectivity index (χ1) is 7.77. The van der Waals surface area contributed by atoms with E-state index in [0.29, 0.717) is 11.8 Å². The molecule has 0 aliphatic carbocycles. The monoisotopic (exact) mass is 221 g/mol. The van der Waals surface area contributed by atoms with Crippen LogP contribution in [0.1, 0.15) is 18.4 Å². The van der Waals surface area contributed by atoms with Gasteiger partial charge in [0.25, 0.3) is 0 Å². The van der Waals surface area contributed by atoms with Crippen molar-refractivity contribution in [1.29, 1.82) is 0 Å². The molecule has 16 heavy (non-hydrogen) atoms. The molecule has 0 bridgehead atoms. The van der Waals surface area contributed by atoms with E-state index in [1.807, 2.05) is 18.2 Å². The van der Waals surface area contributed by atoms with Gasteiger partial charge in [0, 0.05) is 31.4 Å². The standard InChI is InChI=1S/C13H19NO2/c1-14(12-6-8-16-9-7-12)10-11-4-2-3-5-13(11)15/h2-5,12,15H,6-10H2,1H3. The normalized spacial score (nSPS) is 17.9. The van der Waals surface area contributed by atoms with Crippen molar-refractivity contribution in [3.8, 4) is 5.75 Å². The average Bonchev–Trinajstić information content (AvgIpc) is 2.33. The Bertz CT molecular complexity index is 334. The highest BCUT2D eigenvalue weighted by Gasteiger charge is 2.18. The third kappa shape index (κ3) is 2.74. The molecule has 1 N–H and O–H groups in total. The van der Waals surface area contributed by atoms with Gasteiger partial charge in [-0.1, -0.05) is 18.2 Å². The highest BCUT2D eigenvalue weighted by molar-refractivity contribution is 5.31. The van der Waals surface area contributed by atoms with Crippen LogP contribution in [-0.2, 0) is 11.3 Å². The van der Waals surface area contributed by atoms with Gasteiger partial charge in [0.05, 0.1) is 0 Å². The summed E-state index contributed by atoms with van der Waals surface area (Å²) in [5.41, 5.74) is 0.997. The van der Waals surface area contributed by atoms with E-state index in [9.17, 15) is 5.11 Å². The molecule has 0 amide bonds. The molecule has 0 spiro atoms. The molecule has 0 aromatic heterocycles. The van der Waals surface area contributed by atoms with Gasteiger partial charge in [0.15, 0.2) is 0 Å². The van der Waals surface area contributed by atoms with E-state index in [2.05, 4.69) is 11.9 Å². The van der Waals surface area contributed by atoms with Gasteiger partial charge in [0.2, 0.25) is 0 Å². The van der Waals surface area contributed by atoms with Crippen molar-refractivity contribution in [2.75, 3.05) is 20.3 Å². The van der Waals surface area contributed by atoms with Crippen LogP contribution in [0.4, 0.5) is 0 Å². The van der Waals surface area contributed by atoms with Crippen LogP contribution in [0.15, 0.2) is 24.3 Å². The molecule has 3 heteroatoms. The molecule has 2 rings (SSSR count). The number of para-hydroxylation sites is 1. The van der Waals surface area contributed by atoms with Crippen molar-refractivity contribution < 1.29 is 9.84 Å². The lowest BCUT2D eigenvalue weighted by atomic mass is 10.1. The number of nitrogens with zero attached hydrogens (tertiary/aromatic N) is 1. The van der Waals surface area contributed by atoms with E-state index in [0.717, 1.165) is 38.2 Å². The van der Waals surface area contributed by atoms with Crippen LogP contribution in [-0.4, -0.2) is 36.3 Å². The zero-order valence-corrected chi connectivity index (χ0v) is 9.72. The Balaban J connectivity index is 1.96. The molecule has 0 radical (unpaired) electrons. The maximum Gasteiger partial charge on any atom is 0.120 e. The van der Waals surface area contributed by atoms with E-state index in [-0.39, 0.29) is 0 Å². The third-order valence-electron chi connectivity index (χ3n) is 3.23. The summed E-state index contributed by atoms with van der Waals surface area (Å²) in [5, 5.41) is 9.71. The summed E-state index contributed by atoms with van der Waals surface area (Å²) < 4.78 is 5.35. The molecule has 1 fully saturated rings. The molecule has 1 heterocycles. The van der Waals surface area contributed by atoms with Crippen LogP contribution >= 0.6 is 0 Å². The fraction of sp³-hybridized carbons (Fsp3) is 0.538. The van der Waals surface area contributed by atoms with Gasteiger partial charge < -0.3 is 9.84 Å². The molecular weight excluding hydrogens is 202 g/mol. The molecule has 0 atom stereocenters. The molecule has 1 aromatic rings. The predicted molar refractivity (Wildman–Crippen MR) is 63.4 cm³/mol. The highest BCUT2D eigenvalue weighted by atomic mass is 16.5. The van der Waals surface area contributed by atoms with Crippen molar-refractivity contribution in [2.45, 2.75) is 25.4 Å². The van der Waals surface area contributed by atoms with E-state index in [4.69, 9.17) is 4.74 Å². The minimum atomic E-state index is 0.390. The SMILES string of the molecule is CN(Cc1ccccc1O)C1CCOCC1. The Hall–Kier alpha value is -1.06. The third-order valence-corrected chi connectivity index (χ3v) is 3.23. The molecule has 88 valence electrons. The van der Waals surface area contributed by atoms with Crippen LogP contribution in [0, 0.1) is 0 Å². The number of phenols is 1. The summed E-state index contributed by atoms with van der Waals surface area (Å²) in [6.45, 7) is 2.52. The lowest BCUT2D eigenvalue weighted by Gasteiger charge is -2.31. The van der Waals surface area contributed by atoms with E-state index >= 15 is 0 Å². The van der Waals surface area contributed by atoms with Crippen molar-refractivity contribution in [3.63, 3.8) is 0 Å². The summed E-state index contributed by atoms with van der Waals surface area (Å²) >= 11 is 0. The molecule has 1 aliphatic rings. The topological polar surface area (TPSA) is 32.7 Å². The number of phenolic OH excluding ortho intramolecular Hbond substituents is 1. The average molecular weight is 221 g/mol. The number of benzene rings is 1. The Morgan fingerprint density at radius 1 is 1.31 bits per heavy atom. The van der Waals surface area contributed by atoms with Crippen molar-refractivity contribution in [2.24, 2.45) is 0 Å². The van der Waals surface area contributed by atoms with Crippen molar-refractivity contribution in [1.82, 2.24) is 4.90 Å². The predicted octanol–water partition coefficient (Wildman–Crippen LogP) is 2.00. The Morgan fingerprint density at radius 3 is 2.69 bits per heavy atom. The first kappa shape index (κ1) is 11.4. The molecule has 1 saturated heterocycles. The van der Waals surface area contributed by atoms with Crippen LogP contribution < -0.4 is 0 Å². The zero-order chi connectivity index (χ0) is 11.4. The van der Waals surface area contributed by atoms with E-state index < -0.39 is 0 Å². The molecular formula is C13H19NO2. The fourth-order valence-electron chi connectivity index (χ4n) is 2.17. The van der Waals surface area contributed by atoms with Crippen LogP contribution in [0.25, 0.3) is 0 Å². The number of hydrogen-bond acceptors (Lipinski definition) is 3. The smallest absolute Gasteiger partial charge is 0.120 e. The number of ether oxygens (including phenoxy) is 1. The van der Waals surface area contributed by atoms with E-state index in [1.54, 1.807) is 6.07 Å². The summed E-state index contributed by atoms with van der Waals surface area (Å²) in [7, 11) is 2.11. The largest absolute Gasteiger partial charge is 0.508 e. The van der Waals surface area contributed by atoms with E-state index in [1.165, 1.54) is 0 Å². The summed E-state index contributed by atoms with van der Waals surface area (Å²) in [6, 6.07) is 8.12. The van der Waals surface area contributed by atoms with Gasteiger partial charge in [-0.2, -0.15) is 0 Å². The molecule has 0 unspecified atom stereocenters. The fourth-order valence-corrected chi connectivity index (χ4v) is 2.17. The molecule has 0 saturated carbocycles. The van der Waals surface area contributed by atoms with Gasteiger partial charge in [-0.05, 0) is 26.0 Å². The van der Waals surface area contributed by atoms with Crippen LogP contribution in [0.5, 0.6) is 5.75 Å². The second kappa shape index (κ2) is 5.32. The summed E-state index contributed by atoms with van der Waals surface area (Å²) in [5.74, 6) is 0.390. The minimum Gasteiger partial charge on any atom is -0.508 e. The summed E-state index contributed by atoms with van der Waals surface area (Å²) in [6.07, 6.45) is 2.17. The lowest BCUT2D eigenvalue weighted by molar-refractivity contribution is 0.0405. The number of aromatic hydroxyl groups is 1. The molecule has 3 nitrogen and oxygen atoms in total. The summed E-state index contributed by atoms with van der Waals surface area (Å²) in [4.78, 5) is 2.30. The second-order valence-corrected chi connectivity index (χ2v) is 4.39. The van der Waals surface area contributed by atoms with Crippen LogP contribution in [0.3, 0.4) is 0 Å².